The Morgan fingerprint density at radius 3 is 3.00 bits per heavy atom. The van der Waals surface area contributed by atoms with Gasteiger partial charge in [0.15, 0.2) is 0 Å². The highest BCUT2D eigenvalue weighted by atomic mass is 15.2. The third kappa shape index (κ3) is 1.61. The lowest BCUT2D eigenvalue weighted by Gasteiger charge is -2.10. The number of imidazole rings is 1. The maximum absolute atomic E-state index is 4.22. The van der Waals surface area contributed by atoms with E-state index in [0.717, 1.165) is 11.6 Å². The van der Waals surface area contributed by atoms with Crippen molar-refractivity contribution in [3.63, 3.8) is 0 Å². The average molecular weight is 191 g/mol. The van der Waals surface area contributed by atoms with Gasteiger partial charge in [-0.1, -0.05) is 0 Å². The van der Waals surface area contributed by atoms with E-state index >= 15 is 0 Å². The summed E-state index contributed by atoms with van der Waals surface area (Å²) in [5.74, 6) is 0.835. The van der Waals surface area contributed by atoms with E-state index in [1.807, 2.05) is 17.0 Å². The fraction of sp³-hybridized carbons (Fsp3) is 0.333. The minimum Gasteiger partial charge on any atom is -0.353 e. The Balaban J connectivity index is 2.30. The molecule has 2 aromatic heterocycles. The zero-order valence-electron chi connectivity index (χ0n) is 8.23. The summed E-state index contributed by atoms with van der Waals surface area (Å²) in [6.07, 6.45) is 7.24. The Morgan fingerprint density at radius 2 is 2.36 bits per heavy atom. The molecule has 2 heterocycles. The molecule has 0 bridgehead atoms. The molecular weight excluding hydrogens is 178 g/mol. The Hall–Kier alpha value is -1.78. The lowest BCUT2D eigenvalue weighted by molar-refractivity contribution is 0.864. The van der Waals surface area contributed by atoms with Gasteiger partial charge in [0.1, 0.15) is 0 Å². The second-order valence-corrected chi connectivity index (χ2v) is 3.38. The van der Waals surface area contributed by atoms with Crippen LogP contribution >= 0.6 is 0 Å². The zero-order valence-corrected chi connectivity index (χ0v) is 8.23. The molecule has 0 amide bonds. The molecule has 0 aliphatic heterocycles. The summed E-state index contributed by atoms with van der Waals surface area (Å²) in [6, 6.07) is 0.364. The van der Waals surface area contributed by atoms with Crippen molar-refractivity contribution in [2.24, 2.45) is 0 Å². The molecule has 14 heavy (non-hydrogen) atoms. The van der Waals surface area contributed by atoms with Crippen LogP contribution in [0, 0.1) is 0 Å². The van der Waals surface area contributed by atoms with Gasteiger partial charge in [0.25, 0.3) is 0 Å². The first kappa shape index (κ1) is 8.80. The summed E-state index contributed by atoms with van der Waals surface area (Å²) in [6.45, 7) is 4.16. The largest absolute Gasteiger partial charge is 0.353 e. The first-order chi connectivity index (χ1) is 6.77. The number of anilines is 1. The molecule has 74 valence electrons. The number of aromatic nitrogens is 4. The van der Waals surface area contributed by atoms with Crippen LogP contribution < -0.4 is 5.32 Å². The number of nitrogens with zero attached hydrogens (tertiary/aromatic N) is 3. The van der Waals surface area contributed by atoms with E-state index in [0.29, 0.717) is 6.04 Å². The summed E-state index contributed by atoms with van der Waals surface area (Å²) in [5, 5.41) is 9.92. The molecule has 0 atom stereocenters. The van der Waals surface area contributed by atoms with Gasteiger partial charge in [0.2, 0.25) is 5.95 Å². The molecule has 0 radical (unpaired) electrons. The van der Waals surface area contributed by atoms with Gasteiger partial charge in [0.05, 0.1) is 11.9 Å². The first-order valence-electron chi connectivity index (χ1n) is 4.56. The molecule has 0 fully saturated rings. The topological polar surface area (TPSA) is 58.5 Å². The Labute approximate surface area is 82.2 Å². The summed E-state index contributed by atoms with van der Waals surface area (Å²) in [5.41, 5.74) is 0.977. The number of nitrogens with one attached hydrogen (secondary N) is 2. The number of aromatic amines is 1. The minimum atomic E-state index is 0.364. The summed E-state index contributed by atoms with van der Waals surface area (Å²) in [7, 11) is 0. The van der Waals surface area contributed by atoms with Crippen LogP contribution in [0.2, 0.25) is 0 Å². The van der Waals surface area contributed by atoms with Crippen LogP contribution in [0.25, 0.3) is 5.69 Å². The van der Waals surface area contributed by atoms with Crippen LogP contribution in [-0.2, 0) is 0 Å². The smallest absolute Gasteiger partial charge is 0.207 e. The minimum absolute atomic E-state index is 0.364. The van der Waals surface area contributed by atoms with Crippen molar-refractivity contribution in [2.45, 2.75) is 19.9 Å². The van der Waals surface area contributed by atoms with E-state index in [-0.39, 0.29) is 0 Å². The standard InChI is InChI=1S/C9H13N5/c1-7(2)13-9-10-3-4-14(9)8-5-11-12-6-8/h3-7H,1-2H3,(H,10,13)(H,11,12). The molecule has 0 unspecified atom stereocenters. The Kier molecular flexibility index (Phi) is 2.22. The van der Waals surface area contributed by atoms with E-state index in [4.69, 9.17) is 0 Å². The van der Waals surface area contributed by atoms with Gasteiger partial charge >= 0.3 is 0 Å². The van der Waals surface area contributed by atoms with Crippen LogP contribution in [0.1, 0.15) is 13.8 Å². The van der Waals surface area contributed by atoms with Crippen molar-refractivity contribution in [1.29, 1.82) is 0 Å². The monoisotopic (exact) mass is 191 g/mol. The quantitative estimate of drug-likeness (QED) is 0.771. The van der Waals surface area contributed by atoms with Gasteiger partial charge in [-0.15, -0.1) is 0 Å². The number of H-pyrrole nitrogens is 1. The first-order valence-corrected chi connectivity index (χ1v) is 4.56. The predicted octanol–water partition coefficient (Wildman–Crippen LogP) is 1.42. The van der Waals surface area contributed by atoms with Gasteiger partial charge in [-0.3, -0.25) is 9.67 Å². The number of hydrogen-bond donors (Lipinski definition) is 2. The van der Waals surface area contributed by atoms with Crippen molar-refractivity contribution in [3.05, 3.63) is 24.8 Å². The van der Waals surface area contributed by atoms with E-state index < -0.39 is 0 Å². The van der Waals surface area contributed by atoms with Gasteiger partial charge in [0, 0.05) is 24.6 Å². The van der Waals surface area contributed by atoms with E-state index in [1.165, 1.54) is 0 Å². The van der Waals surface area contributed by atoms with Gasteiger partial charge in [-0.2, -0.15) is 5.10 Å². The van der Waals surface area contributed by atoms with Crippen LogP contribution in [-0.4, -0.2) is 25.8 Å². The molecule has 0 aliphatic carbocycles. The molecule has 0 spiro atoms. The molecule has 0 saturated carbocycles. The molecule has 5 nitrogen and oxygen atoms in total. The van der Waals surface area contributed by atoms with Crippen molar-refractivity contribution < 1.29 is 0 Å². The van der Waals surface area contributed by atoms with Crippen molar-refractivity contribution in [1.82, 2.24) is 19.7 Å². The van der Waals surface area contributed by atoms with Crippen LogP contribution in [0.5, 0.6) is 0 Å². The second-order valence-electron chi connectivity index (χ2n) is 3.38. The summed E-state index contributed by atoms with van der Waals surface area (Å²) < 4.78 is 1.95. The molecule has 0 aromatic carbocycles. The van der Waals surface area contributed by atoms with E-state index in [1.54, 1.807) is 12.4 Å². The van der Waals surface area contributed by atoms with Crippen molar-refractivity contribution in [3.8, 4) is 5.69 Å². The lowest BCUT2D eigenvalue weighted by atomic mass is 10.4. The Morgan fingerprint density at radius 1 is 1.50 bits per heavy atom. The molecular formula is C9H13N5. The average Bonchev–Trinajstić information content (AvgIpc) is 2.70. The Bertz CT molecular complexity index is 387. The lowest BCUT2D eigenvalue weighted by Crippen LogP contribution is -2.13. The fourth-order valence-electron chi connectivity index (χ4n) is 1.25. The highest BCUT2D eigenvalue weighted by Crippen LogP contribution is 2.12. The molecule has 5 heteroatoms. The molecule has 0 saturated heterocycles. The normalized spacial score (nSPS) is 10.8. The molecule has 0 aliphatic rings. The van der Waals surface area contributed by atoms with Crippen molar-refractivity contribution in [2.75, 3.05) is 5.32 Å². The summed E-state index contributed by atoms with van der Waals surface area (Å²) in [4.78, 5) is 4.22. The molecule has 2 aromatic rings. The van der Waals surface area contributed by atoms with Crippen LogP contribution in [0.15, 0.2) is 24.8 Å². The second kappa shape index (κ2) is 3.53. The van der Waals surface area contributed by atoms with E-state index in [9.17, 15) is 0 Å². The van der Waals surface area contributed by atoms with E-state index in [2.05, 4.69) is 34.3 Å². The van der Waals surface area contributed by atoms with Crippen LogP contribution in [0.3, 0.4) is 0 Å². The summed E-state index contributed by atoms with van der Waals surface area (Å²) >= 11 is 0. The zero-order chi connectivity index (χ0) is 9.97. The highest BCUT2D eigenvalue weighted by Gasteiger charge is 2.05. The van der Waals surface area contributed by atoms with Gasteiger partial charge in [-0.25, -0.2) is 4.98 Å². The van der Waals surface area contributed by atoms with Crippen LogP contribution in [0.4, 0.5) is 5.95 Å². The predicted molar refractivity (Wildman–Crippen MR) is 54.5 cm³/mol. The third-order valence-corrected chi connectivity index (χ3v) is 1.82. The third-order valence-electron chi connectivity index (χ3n) is 1.82. The van der Waals surface area contributed by atoms with Gasteiger partial charge in [-0.05, 0) is 13.8 Å². The SMILES string of the molecule is CC(C)Nc1nccn1-c1cn[nH]c1. The maximum Gasteiger partial charge on any atom is 0.207 e. The number of rotatable bonds is 3. The number of hydrogen-bond acceptors (Lipinski definition) is 3. The fourth-order valence-corrected chi connectivity index (χ4v) is 1.25. The molecule has 2 rings (SSSR count). The molecule has 2 N–H and O–H groups in total. The van der Waals surface area contributed by atoms with Crippen molar-refractivity contribution >= 4 is 5.95 Å². The highest BCUT2D eigenvalue weighted by molar-refractivity contribution is 5.39. The van der Waals surface area contributed by atoms with Gasteiger partial charge < -0.3 is 5.32 Å². The maximum atomic E-state index is 4.22.